The van der Waals surface area contributed by atoms with Crippen molar-refractivity contribution in [3.05, 3.63) is 35.4 Å². The minimum absolute atomic E-state index is 0.0381. The van der Waals surface area contributed by atoms with Gasteiger partial charge in [0.25, 0.3) is 0 Å². The number of likely N-dealkylation sites (tertiary alicyclic amines) is 1. The third kappa shape index (κ3) is 5.13. The fourth-order valence-corrected chi connectivity index (χ4v) is 4.59. The van der Waals surface area contributed by atoms with Crippen LogP contribution < -0.4 is 5.32 Å². The van der Waals surface area contributed by atoms with Gasteiger partial charge in [-0.2, -0.15) is 0 Å². The van der Waals surface area contributed by atoms with Crippen LogP contribution in [0.4, 0.5) is 0 Å². The van der Waals surface area contributed by atoms with E-state index in [0.717, 1.165) is 45.1 Å². The van der Waals surface area contributed by atoms with Crippen molar-refractivity contribution in [1.29, 1.82) is 0 Å². The van der Waals surface area contributed by atoms with Gasteiger partial charge in [0, 0.05) is 38.6 Å². The molecule has 1 aromatic rings. The normalized spacial score (nSPS) is 23.0. The molecule has 1 aromatic carbocycles. The van der Waals surface area contributed by atoms with Crippen molar-refractivity contribution in [3.8, 4) is 0 Å². The maximum Gasteiger partial charge on any atom is 0.225 e. The lowest BCUT2D eigenvalue weighted by Gasteiger charge is -2.38. The van der Waals surface area contributed by atoms with Crippen LogP contribution in [0, 0.1) is 11.8 Å². The molecule has 1 saturated heterocycles. The molecule has 1 aliphatic heterocycles. The van der Waals surface area contributed by atoms with Crippen LogP contribution in [-0.2, 0) is 20.7 Å². The fraction of sp³-hybridized carbons (Fsp3) is 0.652. The van der Waals surface area contributed by atoms with E-state index >= 15 is 0 Å². The van der Waals surface area contributed by atoms with Crippen LogP contribution in [0.15, 0.2) is 24.3 Å². The number of ether oxygens (including phenoxy) is 1. The summed E-state index contributed by atoms with van der Waals surface area (Å²) in [5, 5.41) is 2.97. The van der Waals surface area contributed by atoms with Gasteiger partial charge in [-0.15, -0.1) is 0 Å². The first-order valence-electron chi connectivity index (χ1n) is 10.8. The monoisotopic (exact) mass is 386 g/mol. The molecule has 0 bridgehead atoms. The molecule has 0 unspecified atom stereocenters. The van der Waals surface area contributed by atoms with E-state index in [4.69, 9.17) is 4.74 Å². The molecule has 2 amide bonds. The van der Waals surface area contributed by atoms with Gasteiger partial charge in [0.15, 0.2) is 0 Å². The topological polar surface area (TPSA) is 58.6 Å². The Labute approximate surface area is 168 Å². The number of aryl methyl sites for hydroxylation is 1. The van der Waals surface area contributed by atoms with E-state index < -0.39 is 0 Å². The Kier molecular flexibility index (Phi) is 7.49. The Morgan fingerprint density at radius 2 is 1.82 bits per heavy atom. The van der Waals surface area contributed by atoms with Gasteiger partial charge in [0.1, 0.15) is 0 Å². The summed E-state index contributed by atoms with van der Waals surface area (Å²) in [5.41, 5.74) is 2.54. The van der Waals surface area contributed by atoms with Crippen molar-refractivity contribution in [2.75, 3.05) is 33.4 Å². The molecule has 3 rings (SSSR count). The van der Waals surface area contributed by atoms with Crippen LogP contribution >= 0.6 is 0 Å². The van der Waals surface area contributed by atoms with E-state index in [1.807, 2.05) is 4.90 Å². The van der Waals surface area contributed by atoms with Gasteiger partial charge in [0.2, 0.25) is 11.8 Å². The predicted octanol–water partition coefficient (Wildman–Crippen LogP) is 3.13. The molecular formula is C23H34N2O3. The zero-order valence-electron chi connectivity index (χ0n) is 17.3. The van der Waals surface area contributed by atoms with Crippen LogP contribution in [0.25, 0.3) is 0 Å². The molecule has 1 N–H and O–H groups in total. The van der Waals surface area contributed by atoms with Crippen molar-refractivity contribution in [2.45, 2.75) is 51.4 Å². The lowest BCUT2D eigenvalue weighted by Crippen LogP contribution is -2.49. The first-order valence-corrected chi connectivity index (χ1v) is 10.8. The van der Waals surface area contributed by atoms with Gasteiger partial charge in [-0.3, -0.25) is 9.59 Å². The van der Waals surface area contributed by atoms with Crippen LogP contribution in [0.5, 0.6) is 0 Å². The molecule has 5 heteroatoms. The highest BCUT2D eigenvalue weighted by Crippen LogP contribution is 2.34. The van der Waals surface area contributed by atoms with Crippen LogP contribution in [0.1, 0.15) is 56.1 Å². The number of carbonyl (C=O) groups is 2. The average Bonchev–Trinajstić information content (AvgIpc) is 3.28. The zero-order valence-corrected chi connectivity index (χ0v) is 17.3. The van der Waals surface area contributed by atoms with E-state index in [-0.39, 0.29) is 29.6 Å². The van der Waals surface area contributed by atoms with E-state index in [1.165, 1.54) is 11.1 Å². The van der Waals surface area contributed by atoms with Crippen molar-refractivity contribution in [2.24, 2.45) is 11.8 Å². The SMILES string of the molecule is CCc1ccc([C@@H]2C[C@H](C(=O)NCCOC)CN(C(=O)C3CCCC3)C2)cc1. The van der Waals surface area contributed by atoms with Crippen molar-refractivity contribution < 1.29 is 14.3 Å². The van der Waals surface area contributed by atoms with Gasteiger partial charge in [-0.25, -0.2) is 0 Å². The molecule has 28 heavy (non-hydrogen) atoms. The summed E-state index contributed by atoms with van der Waals surface area (Å²) >= 11 is 0. The lowest BCUT2D eigenvalue weighted by molar-refractivity contribution is -0.139. The Hall–Kier alpha value is -1.88. The summed E-state index contributed by atoms with van der Waals surface area (Å²) in [5.74, 6) is 0.492. The predicted molar refractivity (Wildman–Crippen MR) is 110 cm³/mol. The second-order valence-corrected chi connectivity index (χ2v) is 8.23. The molecule has 0 radical (unpaired) electrons. The Balaban J connectivity index is 1.74. The summed E-state index contributed by atoms with van der Waals surface area (Å²) in [6.45, 7) is 4.43. The molecule has 0 aromatic heterocycles. The van der Waals surface area contributed by atoms with E-state index in [0.29, 0.717) is 19.7 Å². The quantitative estimate of drug-likeness (QED) is 0.733. The number of carbonyl (C=O) groups excluding carboxylic acids is 2. The first kappa shape index (κ1) is 20.8. The first-order chi connectivity index (χ1) is 13.6. The summed E-state index contributed by atoms with van der Waals surface area (Å²) in [4.78, 5) is 27.8. The maximum atomic E-state index is 13.1. The molecule has 1 saturated carbocycles. The third-order valence-electron chi connectivity index (χ3n) is 6.30. The summed E-state index contributed by atoms with van der Waals surface area (Å²) in [6, 6.07) is 8.68. The Morgan fingerprint density at radius 1 is 1.11 bits per heavy atom. The fourth-order valence-electron chi connectivity index (χ4n) is 4.59. The smallest absolute Gasteiger partial charge is 0.225 e. The Morgan fingerprint density at radius 3 is 2.46 bits per heavy atom. The maximum absolute atomic E-state index is 13.1. The van der Waals surface area contributed by atoms with Crippen LogP contribution in [0.2, 0.25) is 0 Å². The van der Waals surface area contributed by atoms with E-state index in [9.17, 15) is 9.59 Å². The summed E-state index contributed by atoms with van der Waals surface area (Å²) < 4.78 is 5.04. The van der Waals surface area contributed by atoms with E-state index in [1.54, 1.807) is 7.11 Å². The Bertz CT molecular complexity index is 652. The van der Waals surface area contributed by atoms with E-state index in [2.05, 4.69) is 36.5 Å². The highest BCUT2D eigenvalue weighted by Gasteiger charge is 2.37. The van der Waals surface area contributed by atoms with Gasteiger partial charge in [-0.1, -0.05) is 44.0 Å². The number of benzene rings is 1. The highest BCUT2D eigenvalue weighted by molar-refractivity contribution is 5.82. The summed E-state index contributed by atoms with van der Waals surface area (Å²) in [7, 11) is 1.63. The zero-order chi connectivity index (χ0) is 19.9. The molecule has 2 aliphatic rings. The molecule has 1 aliphatic carbocycles. The third-order valence-corrected chi connectivity index (χ3v) is 6.30. The van der Waals surface area contributed by atoms with Crippen molar-refractivity contribution in [3.63, 3.8) is 0 Å². The lowest BCUT2D eigenvalue weighted by atomic mass is 9.83. The minimum Gasteiger partial charge on any atom is -0.383 e. The molecule has 2 fully saturated rings. The number of methoxy groups -OCH3 is 1. The van der Waals surface area contributed by atoms with Crippen molar-refractivity contribution in [1.82, 2.24) is 10.2 Å². The largest absolute Gasteiger partial charge is 0.383 e. The van der Waals surface area contributed by atoms with Crippen LogP contribution in [-0.4, -0.2) is 50.1 Å². The van der Waals surface area contributed by atoms with Gasteiger partial charge in [0.05, 0.1) is 12.5 Å². The highest BCUT2D eigenvalue weighted by atomic mass is 16.5. The van der Waals surface area contributed by atoms with Gasteiger partial charge in [-0.05, 0) is 36.8 Å². The standard InChI is InChI=1S/C23H34N2O3/c1-3-17-8-10-18(11-9-17)20-14-21(22(26)24-12-13-28-2)16-25(15-20)23(27)19-6-4-5-7-19/h8-11,19-21H,3-7,12-16H2,1-2H3,(H,24,26)/t20-,21+/m1/s1. The number of nitrogens with zero attached hydrogens (tertiary/aromatic N) is 1. The number of amides is 2. The molecular weight excluding hydrogens is 352 g/mol. The van der Waals surface area contributed by atoms with Gasteiger partial charge >= 0.3 is 0 Å². The molecule has 5 nitrogen and oxygen atoms in total. The molecule has 0 spiro atoms. The average molecular weight is 387 g/mol. The molecule has 1 heterocycles. The molecule has 154 valence electrons. The second-order valence-electron chi connectivity index (χ2n) is 8.23. The minimum atomic E-state index is -0.160. The number of hydrogen-bond acceptors (Lipinski definition) is 3. The second kappa shape index (κ2) is 10.1. The van der Waals surface area contributed by atoms with Crippen molar-refractivity contribution >= 4 is 11.8 Å². The molecule has 2 atom stereocenters. The summed E-state index contributed by atoms with van der Waals surface area (Å²) in [6.07, 6.45) is 6.09. The number of nitrogens with one attached hydrogen (secondary N) is 1. The number of hydrogen-bond donors (Lipinski definition) is 1. The van der Waals surface area contributed by atoms with Crippen LogP contribution in [0.3, 0.4) is 0 Å². The number of piperidine rings is 1. The number of rotatable bonds is 7. The van der Waals surface area contributed by atoms with Gasteiger partial charge < -0.3 is 15.0 Å².